The predicted octanol–water partition coefficient (Wildman–Crippen LogP) is 3.94. The quantitative estimate of drug-likeness (QED) is 0.530. The molecule has 5 nitrogen and oxygen atoms in total. The first kappa shape index (κ1) is 14.4. The van der Waals surface area contributed by atoms with Crippen LogP contribution in [0.25, 0.3) is 11.3 Å². The van der Waals surface area contributed by atoms with Crippen LogP contribution in [0.15, 0.2) is 39.9 Å². The Hall–Kier alpha value is -1.98. The number of rotatable bonds is 3. The molecule has 1 amide bonds. The van der Waals surface area contributed by atoms with Gasteiger partial charge in [-0.2, -0.15) is 0 Å². The highest BCUT2D eigenvalue weighted by Gasteiger charge is 2.08. The van der Waals surface area contributed by atoms with Gasteiger partial charge in [-0.3, -0.25) is 4.84 Å². The summed E-state index contributed by atoms with van der Waals surface area (Å²) in [6.45, 7) is 0. The third kappa shape index (κ3) is 3.53. The van der Waals surface area contributed by atoms with E-state index in [-0.39, 0.29) is 0 Å². The zero-order chi connectivity index (χ0) is 14.5. The van der Waals surface area contributed by atoms with Crippen molar-refractivity contribution in [1.29, 1.82) is 0 Å². The van der Waals surface area contributed by atoms with Gasteiger partial charge >= 0.3 is 6.09 Å². The summed E-state index contributed by atoms with van der Waals surface area (Å²) >= 11 is 11.9. The van der Waals surface area contributed by atoms with Crippen LogP contribution in [0.2, 0.25) is 10.0 Å². The highest BCUT2D eigenvalue weighted by molar-refractivity contribution is 6.36. The molecule has 0 bridgehead atoms. The van der Waals surface area contributed by atoms with Crippen molar-refractivity contribution in [1.82, 2.24) is 5.32 Å². The topological polar surface area (TPSA) is 63.8 Å². The summed E-state index contributed by atoms with van der Waals surface area (Å²) < 4.78 is 5.52. The summed E-state index contributed by atoms with van der Waals surface area (Å²) in [5.74, 6) is 0.989. The van der Waals surface area contributed by atoms with Crippen LogP contribution in [0.4, 0.5) is 4.79 Å². The van der Waals surface area contributed by atoms with Gasteiger partial charge in [0.2, 0.25) is 0 Å². The Labute approximate surface area is 125 Å². The minimum Gasteiger partial charge on any atom is -0.455 e. The van der Waals surface area contributed by atoms with Crippen molar-refractivity contribution in [2.24, 2.45) is 5.16 Å². The van der Waals surface area contributed by atoms with Crippen molar-refractivity contribution in [3.8, 4) is 11.3 Å². The molecule has 2 aromatic rings. The first-order chi connectivity index (χ1) is 9.60. The number of hydrogen-bond donors (Lipinski definition) is 1. The van der Waals surface area contributed by atoms with Crippen molar-refractivity contribution in [2.75, 3.05) is 7.05 Å². The number of amides is 1. The highest BCUT2D eigenvalue weighted by Crippen LogP contribution is 2.31. The van der Waals surface area contributed by atoms with Gasteiger partial charge in [-0.15, -0.1) is 0 Å². The van der Waals surface area contributed by atoms with Gasteiger partial charge in [0.25, 0.3) is 0 Å². The van der Waals surface area contributed by atoms with Crippen LogP contribution in [0.3, 0.4) is 0 Å². The Morgan fingerprint density at radius 2 is 2.15 bits per heavy atom. The number of halogens is 2. The van der Waals surface area contributed by atoms with Crippen LogP contribution in [-0.2, 0) is 4.84 Å². The first-order valence-corrected chi connectivity index (χ1v) is 6.33. The second-order valence-electron chi connectivity index (χ2n) is 3.69. The third-order valence-electron chi connectivity index (χ3n) is 2.34. The largest absolute Gasteiger partial charge is 0.455 e. The second kappa shape index (κ2) is 6.45. The summed E-state index contributed by atoms with van der Waals surface area (Å²) in [6.07, 6.45) is 0.622. The molecule has 7 heteroatoms. The van der Waals surface area contributed by atoms with Gasteiger partial charge in [0, 0.05) is 17.6 Å². The third-order valence-corrected chi connectivity index (χ3v) is 2.89. The zero-order valence-corrected chi connectivity index (χ0v) is 11.9. The fourth-order valence-electron chi connectivity index (χ4n) is 1.43. The van der Waals surface area contributed by atoms with E-state index in [1.807, 2.05) is 0 Å². The lowest BCUT2D eigenvalue weighted by Crippen LogP contribution is -2.16. The molecular formula is C13H10Cl2N2O3. The Kier molecular flexibility index (Phi) is 4.65. The first-order valence-electron chi connectivity index (χ1n) is 5.57. The van der Waals surface area contributed by atoms with Crippen LogP contribution in [-0.4, -0.2) is 19.4 Å². The van der Waals surface area contributed by atoms with Gasteiger partial charge in [0.05, 0.1) is 5.02 Å². The van der Waals surface area contributed by atoms with Gasteiger partial charge in [0.15, 0.2) is 0 Å². The molecule has 0 spiro atoms. The fourth-order valence-corrected chi connectivity index (χ4v) is 1.93. The lowest BCUT2D eigenvalue weighted by molar-refractivity contribution is 0.153. The predicted molar refractivity (Wildman–Crippen MR) is 77.3 cm³/mol. The SMILES string of the molecule is CNC(=O)ON=Cc1ccc(-c2ccc(Cl)cc2Cl)o1. The van der Waals surface area contributed by atoms with E-state index in [0.29, 0.717) is 27.1 Å². The maximum absolute atomic E-state index is 10.8. The standard InChI is InChI=1S/C13H10Cl2N2O3/c1-16-13(18)20-17-7-9-3-5-12(19-9)10-4-2-8(14)6-11(10)15/h2-7H,1H3,(H,16,18). The molecule has 0 saturated carbocycles. The lowest BCUT2D eigenvalue weighted by atomic mass is 10.2. The molecule has 0 aliphatic heterocycles. The van der Waals surface area contributed by atoms with E-state index < -0.39 is 6.09 Å². The maximum Gasteiger partial charge on any atom is 0.433 e. The van der Waals surface area contributed by atoms with Gasteiger partial charge in [0.1, 0.15) is 17.7 Å². The van der Waals surface area contributed by atoms with Crippen molar-refractivity contribution in [3.63, 3.8) is 0 Å². The fraction of sp³-hybridized carbons (Fsp3) is 0.0769. The molecule has 0 aliphatic rings. The Bertz CT molecular complexity index is 653. The lowest BCUT2D eigenvalue weighted by Gasteiger charge is -2.00. The van der Waals surface area contributed by atoms with Crippen molar-refractivity contribution in [2.45, 2.75) is 0 Å². The minimum atomic E-state index is -0.659. The average Bonchev–Trinajstić information content (AvgIpc) is 2.87. The second-order valence-corrected chi connectivity index (χ2v) is 4.53. The summed E-state index contributed by atoms with van der Waals surface area (Å²) in [4.78, 5) is 15.3. The van der Waals surface area contributed by atoms with Crippen LogP contribution in [0.1, 0.15) is 5.76 Å². The van der Waals surface area contributed by atoms with Crippen LogP contribution in [0, 0.1) is 0 Å². The number of oxime groups is 1. The Morgan fingerprint density at radius 3 is 2.85 bits per heavy atom. The van der Waals surface area contributed by atoms with Crippen LogP contribution >= 0.6 is 23.2 Å². The van der Waals surface area contributed by atoms with Gasteiger partial charge in [-0.1, -0.05) is 28.4 Å². The highest BCUT2D eigenvalue weighted by atomic mass is 35.5. The van der Waals surface area contributed by atoms with Gasteiger partial charge in [-0.25, -0.2) is 4.79 Å². The number of carbonyl (C=O) groups is 1. The number of benzene rings is 1. The average molecular weight is 313 g/mol. The van der Waals surface area contributed by atoms with Crippen molar-refractivity contribution >= 4 is 35.5 Å². The molecule has 0 radical (unpaired) electrons. The summed E-state index contributed by atoms with van der Waals surface area (Å²) in [5.41, 5.74) is 0.711. The molecule has 0 aliphatic carbocycles. The maximum atomic E-state index is 10.8. The molecule has 1 heterocycles. The molecule has 2 rings (SSSR count). The number of furan rings is 1. The molecule has 20 heavy (non-hydrogen) atoms. The summed E-state index contributed by atoms with van der Waals surface area (Å²) in [5, 5.41) is 6.76. The molecule has 0 fully saturated rings. The monoisotopic (exact) mass is 312 g/mol. The molecule has 1 aromatic carbocycles. The minimum absolute atomic E-state index is 0.426. The molecule has 0 unspecified atom stereocenters. The molecule has 0 atom stereocenters. The Balaban J connectivity index is 2.14. The molecule has 0 saturated heterocycles. The van der Waals surface area contributed by atoms with Crippen molar-refractivity contribution < 1.29 is 14.0 Å². The van der Waals surface area contributed by atoms with E-state index in [1.165, 1.54) is 13.3 Å². The molecule has 1 N–H and O–H groups in total. The molecule has 104 valence electrons. The van der Waals surface area contributed by atoms with E-state index in [9.17, 15) is 4.79 Å². The van der Waals surface area contributed by atoms with Crippen LogP contribution in [0.5, 0.6) is 0 Å². The smallest absolute Gasteiger partial charge is 0.433 e. The van der Waals surface area contributed by atoms with Gasteiger partial charge in [-0.05, 0) is 30.3 Å². The van der Waals surface area contributed by atoms with E-state index >= 15 is 0 Å². The van der Waals surface area contributed by atoms with E-state index in [4.69, 9.17) is 27.6 Å². The number of nitrogens with zero attached hydrogens (tertiary/aromatic N) is 1. The molecule has 1 aromatic heterocycles. The van der Waals surface area contributed by atoms with E-state index in [0.717, 1.165) is 0 Å². The summed E-state index contributed by atoms with van der Waals surface area (Å²) in [7, 11) is 1.44. The van der Waals surface area contributed by atoms with Gasteiger partial charge < -0.3 is 9.73 Å². The number of nitrogens with one attached hydrogen (secondary N) is 1. The summed E-state index contributed by atoms with van der Waals surface area (Å²) in [6, 6.07) is 8.51. The number of hydrogen-bond acceptors (Lipinski definition) is 4. The normalized spacial score (nSPS) is 10.8. The zero-order valence-electron chi connectivity index (χ0n) is 10.4. The number of carbonyl (C=O) groups excluding carboxylic acids is 1. The van der Waals surface area contributed by atoms with E-state index in [1.54, 1.807) is 30.3 Å². The van der Waals surface area contributed by atoms with Crippen molar-refractivity contribution in [3.05, 3.63) is 46.1 Å². The Morgan fingerprint density at radius 1 is 1.35 bits per heavy atom. The molecular weight excluding hydrogens is 303 g/mol. The van der Waals surface area contributed by atoms with E-state index in [2.05, 4.69) is 15.3 Å². The van der Waals surface area contributed by atoms with Crippen LogP contribution < -0.4 is 5.32 Å².